The van der Waals surface area contributed by atoms with E-state index in [4.69, 9.17) is 14.2 Å². The Kier molecular flexibility index (Phi) is 6.96. The van der Waals surface area contributed by atoms with E-state index in [1.54, 1.807) is 4.90 Å². The largest absolute Gasteiger partial charge is 0.481 e. The minimum atomic E-state index is -1.06. The van der Waals surface area contributed by atoms with E-state index in [0.29, 0.717) is 30.9 Å². The number of amides is 2. The van der Waals surface area contributed by atoms with Gasteiger partial charge in [0.1, 0.15) is 12.2 Å². The molecule has 2 aromatic rings. The van der Waals surface area contributed by atoms with Gasteiger partial charge in [0, 0.05) is 30.3 Å². The first kappa shape index (κ1) is 27.6. The highest BCUT2D eigenvalue weighted by atomic mass is 16.7. The van der Waals surface area contributed by atoms with Crippen molar-refractivity contribution in [3.63, 3.8) is 0 Å². The van der Waals surface area contributed by atoms with Crippen LogP contribution in [-0.2, 0) is 25.5 Å². The molecule has 6 rings (SSSR count). The van der Waals surface area contributed by atoms with E-state index in [1.807, 2.05) is 30.0 Å². The first-order valence-electron chi connectivity index (χ1n) is 14.5. The van der Waals surface area contributed by atoms with Crippen LogP contribution in [0.3, 0.4) is 0 Å². The first-order valence-corrected chi connectivity index (χ1v) is 14.5. The van der Waals surface area contributed by atoms with E-state index < -0.39 is 24.1 Å². The zero-order chi connectivity index (χ0) is 29.1. The minimum absolute atomic E-state index is 0.0867. The standard InChI is InChI=1S/C32H38N2O7/c1-18-13-19-10-11-25(32(2,3)4)34-27(19)22(14-18)28(21-8-5-9-23-29(21)40-17-39-23)41-24(30(34)36)15-26(35)33-12-6-7-20(16-33)31(37)38/h5,8-9,13-14,20,24-25,28H,6-7,10-12,15-17H2,1-4H3,(H,37,38)/t20?,24-,25-,28-/m1/s1. The third kappa shape index (κ3) is 4.94. The number of piperidine rings is 1. The number of hydrogen-bond acceptors (Lipinski definition) is 6. The number of carboxylic acid groups (broad SMARTS) is 1. The van der Waals surface area contributed by atoms with Crippen molar-refractivity contribution in [3.05, 3.63) is 52.6 Å². The zero-order valence-corrected chi connectivity index (χ0v) is 24.1. The first-order chi connectivity index (χ1) is 19.5. The number of carbonyl (C=O) groups is 3. The van der Waals surface area contributed by atoms with Crippen molar-refractivity contribution in [3.8, 4) is 11.5 Å². The molecule has 0 aromatic heterocycles. The van der Waals surface area contributed by atoms with Crippen LogP contribution in [0, 0.1) is 18.3 Å². The van der Waals surface area contributed by atoms with Crippen molar-refractivity contribution >= 4 is 23.5 Å². The van der Waals surface area contributed by atoms with Gasteiger partial charge in [0.05, 0.1) is 18.0 Å². The van der Waals surface area contributed by atoms with Crippen LogP contribution in [0.5, 0.6) is 11.5 Å². The van der Waals surface area contributed by atoms with Crippen LogP contribution in [0.2, 0.25) is 0 Å². The SMILES string of the molecule is Cc1cc2c3c(c1)[C@@H](c1cccc4c1OCO4)O[C@H](CC(=O)N1CCCC(C(=O)O)C1)C(=O)N3[C@@H](C(C)(C)C)CC2. The van der Waals surface area contributed by atoms with E-state index in [1.165, 1.54) is 0 Å². The van der Waals surface area contributed by atoms with Gasteiger partial charge >= 0.3 is 5.97 Å². The van der Waals surface area contributed by atoms with Crippen molar-refractivity contribution in [2.75, 3.05) is 24.8 Å². The molecule has 0 bridgehead atoms. The van der Waals surface area contributed by atoms with Gasteiger partial charge in [-0.15, -0.1) is 0 Å². The van der Waals surface area contributed by atoms with Crippen LogP contribution < -0.4 is 14.4 Å². The van der Waals surface area contributed by atoms with Crippen LogP contribution in [0.15, 0.2) is 30.3 Å². The summed E-state index contributed by atoms with van der Waals surface area (Å²) >= 11 is 0. The zero-order valence-electron chi connectivity index (χ0n) is 24.1. The minimum Gasteiger partial charge on any atom is -0.481 e. The smallest absolute Gasteiger partial charge is 0.308 e. The van der Waals surface area contributed by atoms with E-state index >= 15 is 0 Å². The van der Waals surface area contributed by atoms with Crippen LogP contribution in [0.4, 0.5) is 5.69 Å². The molecule has 4 heterocycles. The number of likely N-dealkylation sites (tertiary alicyclic amines) is 1. The fourth-order valence-corrected chi connectivity index (χ4v) is 6.91. The Morgan fingerprint density at radius 2 is 1.90 bits per heavy atom. The summed E-state index contributed by atoms with van der Waals surface area (Å²) in [7, 11) is 0. The maximum Gasteiger partial charge on any atom is 0.308 e. The normalized spacial score (nSPS) is 25.5. The van der Waals surface area contributed by atoms with Gasteiger partial charge in [0.15, 0.2) is 11.5 Å². The van der Waals surface area contributed by atoms with Crippen LogP contribution in [0.1, 0.15) is 74.8 Å². The Morgan fingerprint density at radius 3 is 2.66 bits per heavy atom. The molecular weight excluding hydrogens is 524 g/mol. The number of hydrogen-bond donors (Lipinski definition) is 1. The molecular formula is C32H38N2O7. The molecule has 0 spiro atoms. The maximum atomic E-state index is 14.5. The van der Waals surface area contributed by atoms with E-state index in [-0.39, 0.29) is 43.0 Å². The summed E-state index contributed by atoms with van der Waals surface area (Å²) in [6.45, 7) is 9.19. The molecule has 0 aliphatic carbocycles. The lowest BCUT2D eigenvalue weighted by atomic mass is 9.77. The molecule has 4 aliphatic heterocycles. The van der Waals surface area contributed by atoms with E-state index in [2.05, 4.69) is 32.9 Å². The molecule has 2 aromatic carbocycles. The molecule has 1 N–H and O–H groups in total. The van der Waals surface area contributed by atoms with E-state index in [9.17, 15) is 19.5 Å². The number of rotatable bonds is 4. The topological polar surface area (TPSA) is 106 Å². The summed E-state index contributed by atoms with van der Waals surface area (Å²) in [6, 6.07) is 9.80. The van der Waals surface area contributed by atoms with Crippen molar-refractivity contribution in [2.24, 2.45) is 11.3 Å². The number of benzene rings is 2. The van der Waals surface area contributed by atoms with Crippen molar-refractivity contribution in [1.29, 1.82) is 0 Å². The third-order valence-electron chi connectivity index (χ3n) is 8.89. The lowest BCUT2D eigenvalue weighted by molar-refractivity contribution is -0.149. The molecule has 0 radical (unpaired) electrons. The Balaban J connectivity index is 1.45. The fraction of sp³-hybridized carbons (Fsp3) is 0.531. The number of nitrogens with zero attached hydrogens (tertiary/aromatic N) is 2. The Labute approximate surface area is 240 Å². The second-order valence-corrected chi connectivity index (χ2v) is 12.8. The number of anilines is 1. The maximum absolute atomic E-state index is 14.5. The monoisotopic (exact) mass is 562 g/mol. The summed E-state index contributed by atoms with van der Waals surface area (Å²) in [5.41, 5.74) is 4.45. The molecule has 1 saturated heterocycles. The molecule has 1 fully saturated rings. The molecule has 2 amide bonds. The molecule has 4 aliphatic rings. The van der Waals surface area contributed by atoms with Gasteiger partial charge < -0.3 is 29.1 Å². The summed E-state index contributed by atoms with van der Waals surface area (Å²) < 4.78 is 18.3. The van der Waals surface area contributed by atoms with Crippen LogP contribution >= 0.6 is 0 Å². The average Bonchev–Trinajstić information content (AvgIpc) is 3.38. The van der Waals surface area contributed by atoms with Gasteiger partial charge in [-0.1, -0.05) is 50.6 Å². The number of aliphatic carboxylic acids is 1. The van der Waals surface area contributed by atoms with Crippen molar-refractivity contribution in [2.45, 2.75) is 78.0 Å². The average molecular weight is 563 g/mol. The highest BCUT2D eigenvalue weighted by Gasteiger charge is 2.47. The molecule has 9 nitrogen and oxygen atoms in total. The van der Waals surface area contributed by atoms with Gasteiger partial charge in [-0.25, -0.2) is 0 Å². The van der Waals surface area contributed by atoms with Gasteiger partial charge in [-0.2, -0.15) is 0 Å². The fourth-order valence-electron chi connectivity index (χ4n) is 6.91. The number of aryl methyl sites for hydroxylation is 2. The van der Waals surface area contributed by atoms with Gasteiger partial charge in [0.2, 0.25) is 12.7 Å². The lowest BCUT2D eigenvalue weighted by Gasteiger charge is -2.45. The Bertz CT molecular complexity index is 1400. The second-order valence-electron chi connectivity index (χ2n) is 12.8. The van der Waals surface area contributed by atoms with Crippen molar-refractivity contribution in [1.82, 2.24) is 4.90 Å². The van der Waals surface area contributed by atoms with Crippen molar-refractivity contribution < 1.29 is 33.7 Å². The summed E-state index contributed by atoms with van der Waals surface area (Å²) in [6.07, 6.45) is 0.913. The number of para-hydroxylation sites is 1. The molecule has 1 unspecified atom stereocenters. The van der Waals surface area contributed by atoms with Gasteiger partial charge in [0.25, 0.3) is 5.91 Å². The predicted molar refractivity (Wildman–Crippen MR) is 151 cm³/mol. The molecule has 0 saturated carbocycles. The number of fused-ring (bicyclic) bond motifs is 1. The quantitative estimate of drug-likeness (QED) is 0.580. The number of carbonyl (C=O) groups excluding carboxylic acids is 2. The van der Waals surface area contributed by atoms with Crippen LogP contribution in [0.25, 0.3) is 0 Å². The summed E-state index contributed by atoms with van der Waals surface area (Å²) in [5.74, 6) is -0.793. The Hall–Kier alpha value is -3.59. The second kappa shape index (κ2) is 10.4. The number of ether oxygens (including phenoxy) is 3. The molecule has 41 heavy (non-hydrogen) atoms. The molecule has 218 valence electrons. The van der Waals surface area contributed by atoms with E-state index in [0.717, 1.165) is 40.8 Å². The highest BCUT2D eigenvalue weighted by molar-refractivity contribution is 6.02. The predicted octanol–water partition coefficient (Wildman–Crippen LogP) is 4.62. The van der Waals surface area contributed by atoms with Gasteiger partial charge in [-0.3, -0.25) is 14.4 Å². The summed E-state index contributed by atoms with van der Waals surface area (Å²) in [5, 5.41) is 9.56. The molecule has 9 heteroatoms. The molecule has 4 atom stereocenters. The number of carboxylic acids is 1. The highest BCUT2D eigenvalue weighted by Crippen LogP contribution is 2.50. The van der Waals surface area contributed by atoms with Gasteiger partial charge in [-0.05, 0) is 49.7 Å². The van der Waals surface area contributed by atoms with Crippen LogP contribution in [-0.4, -0.2) is 59.8 Å². The summed E-state index contributed by atoms with van der Waals surface area (Å²) in [4.78, 5) is 43.3. The Morgan fingerprint density at radius 1 is 1.10 bits per heavy atom. The lowest BCUT2D eigenvalue weighted by Crippen LogP contribution is -2.54. The third-order valence-corrected chi connectivity index (χ3v) is 8.89.